The third-order valence-electron chi connectivity index (χ3n) is 3.76. The molecule has 3 N–H and O–H groups in total. The fraction of sp³-hybridized carbons (Fsp3) is 0.500. The zero-order valence-corrected chi connectivity index (χ0v) is 10.6. The minimum Gasteiger partial charge on any atom is -0.423 e. The van der Waals surface area contributed by atoms with E-state index in [1.165, 1.54) is 19.3 Å². The Kier molecular flexibility index (Phi) is 2.86. The van der Waals surface area contributed by atoms with Crippen LogP contribution in [-0.4, -0.2) is 11.5 Å². The zero-order valence-electron chi connectivity index (χ0n) is 10.6. The average Bonchev–Trinajstić information content (AvgIpc) is 2.92. The summed E-state index contributed by atoms with van der Waals surface area (Å²) in [4.78, 5) is 4.40. The number of fused-ring (bicyclic) bond motifs is 1. The van der Waals surface area contributed by atoms with Gasteiger partial charge in [-0.3, -0.25) is 0 Å². The summed E-state index contributed by atoms with van der Waals surface area (Å²) < 4.78 is 5.63. The number of hydrogen-bond donors (Lipinski definition) is 2. The standard InChI is InChI=1S/C14H19N3O/c1-9-2-3-10(6-9)8-16-14-17-12-5-4-11(15)7-13(12)18-14/h4-5,7,9-10H,2-3,6,8,15H2,1H3,(H,16,17). The molecule has 1 saturated carbocycles. The molecule has 3 rings (SSSR count). The fourth-order valence-corrected chi connectivity index (χ4v) is 2.76. The zero-order chi connectivity index (χ0) is 12.5. The lowest BCUT2D eigenvalue weighted by Crippen LogP contribution is -2.11. The molecule has 4 heteroatoms. The molecule has 2 aromatic rings. The van der Waals surface area contributed by atoms with Crippen LogP contribution in [0.4, 0.5) is 11.7 Å². The minimum atomic E-state index is 0.607. The summed E-state index contributed by atoms with van der Waals surface area (Å²) in [6.07, 6.45) is 3.96. The summed E-state index contributed by atoms with van der Waals surface area (Å²) in [5.41, 5.74) is 8.02. The van der Waals surface area contributed by atoms with E-state index in [2.05, 4.69) is 17.2 Å². The maximum Gasteiger partial charge on any atom is 0.295 e. The van der Waals surface area contributed by atoms with Gasteiger partial charge in [-0.1, -0.05) is 13.3 Å². The summed E-state index contributed by atoms with van der Waals surface area (Å²) in [5, 5.41) is 3.30. The van der Waals surface area contributed by atoms with Crippen molar-refractivity contribution in [3.8, 4) is 0 Å². The first-order valence-corrected chi connectivity index (χ1v) is 6.60. The van der Waals surface area contributed by atoms with Gasteiger partial charge in [0.1, 0.15) is 5.52 Å². The number of nitrogens with zero attached hydrogens (tertiary/aromatic N) is 1. The van der Waals surface area contributed by atoms with Gasteiger partial charge in [0.2, 0.25) is 0 Å². The Bertz CT molecular complexity index is 549. The molecule has 0 bridgehead atoms. The largest absolute Gasteiger partial charge is 0.423 e. The van der Waals surface area contributed by atoms with E-state index in [9.17, 15) is 0 Å². The number of oxazole rings is 1. The molecule has 1 fully saturated rings. The van der Waals surface area contributed by atoms with Crippen molar-refractivity contribution in [2.45, 2.75) is 26.2 Å². The molecule has 1 aromatic heterocycles. The van der Waals surface area contributed by atoms with Gasteiger partial charge >= 0.3 is 0 Å². The van der Waals surface area contributed by atoms with E-state index in [0.29, 0.717) is 11.7 Å². The van der Waals surface area contributed by atoms with Crippen molar-refractivity contribution in [2.75, 3.05) is 17.6 Å². The van der Waals surface area contributed by atoms with Gasteiger partial charge in [-0.05, 0) is 36.8 Å². The first-order chi connectivity index (χ1) is 8.70. The van der Waals surface area contributed by atoms with Crippen LogP contribution in [0.15, 0.2) is 22.6 Å². The van der Waals surface area contributed by atoms with E-state index in [1.807, 2.05) is 18.2 Å². The summed E-state index contributed by atoms with van der Waals surface area (Å²) in [6, 6.07) is 6.14. The molecule has 0 aliphatic heterocycles. The lowest BCUT2D eigenvalue weighted by molar-refractivity contribution is 0.525. The average molecular weight is 245 g/mol. The highest BCUT2D eigenvalue weighted by molar-refractivity contribution is 5.78. The van der Waals surface area contributed by atoms with Crippen LogP contribution in [-0.2, 0) is 0 Å². The second-order valence-corrected chi connectivity index (χ2v) is 5.41. The van der Waals surface area contributed by atoms with E-state index < -0.39 is 0 Å². The van der Waals surface area contributed by atoms with Gasteiger partial charge in [-0.2, -0.15) is 4.98 Å². The molecule has 2 unspecified atom stereocenters. The van der Waals surface area contributed by atoms with Crippen molar-refractivity contribution in [1.82, 2.24) is 4.98 Å². The summed E-state index contributed by atoms with van der Waals surface area (Å²) in [5.74, 6) is 1.61. The summed E-state index contributed by atoms with van der Waals surface area (Å²) in [7, 11) is 0. The molecule has 0 radical (unpaired) electrons. The van der Waals surface area contributed by atoms with Crippen LogP contribution in [0.1, 0.15) is 26.2 Å². The van der Waals surface area contributed by atoms with Gasteiger partial charge in [-0.25, -0.2) is 0 Å². The Hall–Kier alpha value is -1.71. The molecule has 1 heterocycles. The number of benzene rings is 1. The van der Waals surface area contributed by atoms with Crippen LogP contribution >= 0.6 is 0 Å². The molecule has 1 aliphatic rings. The van der Waals surface area contributed by atoms with Crippen molar-refractivity contribution in [3.63, 3.8) is 0 Å². The molecule has 0 amide bonds. The van der Waals surface area contributed by atoms with Crippen molar-refractivity contribution in [2.24, 2.45) is 11.8 Å². The lowest BCUT2D eigenvalue weighted by atomic mass is 10.1. The molecule has 18 heavy (non-hydrogen) atoms. The Morgan fingerprint density at radius 3 is 3.11 bits per heavy atom. The maximum absolute atomic E-state index is 5.71. The predicted molar refractivity (Wildman–Crippen MR) is 73.4 cm³/mol. The number of hydrogen-bond acceptors (Lipinski definition) is 4. The third kappa shape index (κ3) is 2.28. The van der Waals surface area contributed by atoms with Crippen LogP contribution in [0.2, 0.25) is 0 Å². The first-order valence-electron chi connectivity index (χ1n) is 6.60. The fourth-order valence-electron chi connectivity index (χ4n) is 2.76. The van der Waals surface area contributed by atoms with Crippen LogP contribution in [0.25, 0.3) is 11.1 Å². The molecule has 1 aliphatic carbocycles. The second-order valence-electron chi connectivity index (χ2n) is 5.41. The summed E-state index contributed by atoms with van der Waals surface area (Å²) in [6.45, 7) is 3.27. The normalized spacial score (nSPS) is 23.6. The van der Waals surface area contributed by atoms with Gasteiger partial charge in [-0.15, -0.1) is 0 Å². The molecule has 0 spiro atoms. The molecule has 0 saturated heterocycles. The van der Waals surface area contributed by atoms with Crippen molar-refractivity contribution < 1.29 is 4.42 Å². The molecular weight excluding hydrogens is 226 g/mol. The molecule has 2 atom stereocenters. The molecule has 1 aromatic carbocycles. The summed E-state index contributed by atoms with van der Waals surface area (Å²) >= 11 is 0. The van der Waals surface area contributed by atoms with Crippen LogP contribution in [0, 0.1) is 11.8 Å². The smallest absolute Gasteiger partial charge is 0.295 e. The Morgan fingerprint density at radius 2 is 2.33 bits per heavy atom. The first kappa shape index (κ1) is 11.4. The molecular formula is C14H19N3O. The number of aromatic nitrogens is 1. The second kappa shape index (κ2) is 4.52. The molecule has 96 valence electrons. The predicted octanol–water partition coefficient (Wildman–Crippen LogP) is 3.26. The highest BCUT2D eigenvalue weighted by atomic mass is 16.4. The van der Waals surface area contributed by atoms with Gasteiger partial charge in [0.25, 0.3) is 6.01 Å². The SMILES string of the molecule is CC1CCC(CNc2nc3ccc(N)cc3o2)C1. The van der Waals surface area contributed by atoms with Crippen LogP contribution < -0.4 is 11.1 Å². The third-order valence-corrected chi connectivity index (χ3v) is 3.76. The van der Waals surface area contributed by atoms with Gasteiger partial charge in [0, 0.05) is 18.3 Å². The van der Waals surface area contributed by atoms with Gasteiger partial charge < -0.3 is 15.5 Å². The van der Waals surface area contributed by atoms with Crippen molar-refractivity contribution in [1.29, 1.82) is 0 Å². The van der Waals surface area contributed by atoms with E-state index in [0.717, 1.165) is 29.5 Å². The quantitative estimate of drug-likeness (QED) is 0.815. The number of nitrogens with two attached hydrogens (primary N) is 1. The Morgan fingerprint density at radius 1 is 1.44 bits per heavy atom. The van der Waals surface area contributed by atoms with Crippen molar-refractivity contribution >= 4 is 22.8 Å². The van der Waals surface area contributed by atoms with E-state index >= 15 is 0 Å². The number of nitrogen functional groups attached to an aromatic ring is 1. The Labute approximate surface area is 107 Å². The van der Waals surface area contributed by atoms with Crippen LogP contribution in [0.3, 0.4) is 0 Å². The number of anilines is 2. The lowest BCUT2D eigenvalue weighted by Gasteiger charge is -2.08. The minimum absolute atomic E-state index is 0.607. The topological polar surface area (TPSA) is 64.1 Å². The van der Waals surface area contributed by atoms with Crippen LogP contribution in [0.5, 0.6) is 0 Å². The monoisotopic (exact) mass is 245 g/mol. The Balaban J connectivity index is 1.67. The molecule has 4 nitrogen and oxygen atoms in total. The highest BCUT2D eigenvalue weighted by Crippen LogP contribution is 2.30. The number of nitrogens with one attached hydrogen (secondary N) is 1. The van der Waals surface area contributed by atoms with E-state index in [-0.39, 0.29) is 0 Å². The van der Waals surface area contributed by atoms with Gasteiger partial charge in [0.05, 0.1) is 0 Å². The van der Waals surface area contributed by atoms with Crippen molar-refractivity contribution in [3.05, 3.63) is 18.2 Å². The highest BCUT2D eigenvalue weighted by Gasteiger charge is 2.21. The van der Waals surface area contributed by atoms with E-state index in [1.54, 1.807) is 0 Å². The van der Waals surface area contributed by atoms with Gasteiger partial charge in [0.15, 0.2) is 5.58 Å². The maximum atomic E-state index is 5.71. The van der Waals surface area contributed by atoms with E-state index in [4.69, 9.17) is 10.2 Å². The number of rotatable bonds is 3.